The van der Waals surface area contributed by atoms with Crippen LogP contribution in [0.25, 0.3) is 17.2 Å². The second-order valence-electron chi connectivity index (χ2n) is 10.4. The quantitative estimate of drug-likeness (QED) is 0.105. The Hall–Kier alpha value is -5.43. The van der Waals surface area contributed by atoms with E-state index in [2.05, 4.69) is 22.0 Å². The van der Waals surface area contributed by atoms with E-state index >= 15 is 0 Å². The third kappa shape index (κ3) is 8.18. The average Bonchev–Trinajstić information content (AvgIpc) is 3.48. The second kappa shape index (κ2) is 15.0. The summed E-state index contributed by atoms with van der Waals surface area (Å²) in [7, 11) is 0. The number of thioether (sulfide) groups is 1. The highest BCUT2D eigenvalue weighted by Gasteiger charge is 2.20. The Morgan fingerprint density at radius 3 is 2.26 bits per heavy atom. The summed E-state index contributed by atoms with van der Waals surface area (Å²) in [6, 6.07) is 35.3. The lowest BCUT2D eigenvalue weighted by Crippen LogP contribution is -2.30. The Labute approximate surface area is 276 Å². The Balaban J connectivity index is 1.28. The van der Waals surface area contributed by atoms with Gasteiger partial charge in [0.2, 0.25) is 5.91 Å². The molecule has 4 aromatic carbocycles. The minimum absolute atomic E-state index is 0.0858. The molecule has 0 radical (unpaired) electrons. The Morgan fingerprint density at radius 1 is 0.870 bits per heavy atom. The lowest BCUT2D eigenvalue weighted by molar-refractivity contribution is -0.115. The summed E-state index contributed by atoms with van der Waals surface area (Å²) in [6.45, 7) is 3.76. The van der Waals surface area contributed by atoms with Gasteiger partial charge in [0.1, 0.15) is 16.8 Å². The molecule has 5 aromatic rings. The number of carbonyl (C=O) groups excluding carboxylic acids is 3. The van der Waals surface area contributed by atoms with Crippen molar-refractivity contribution in [3.8, 4) is 17.2 Å². The first-order valence-electron chi connectivity index (χ1n) is 14.4. The van der Waals surface area contributed by atoms with Gasteiger partial charge in [-0.15, -0.1) is 23.1 Å². The smallest absolute Gasteiger partial charge is 0.272 e. The molecule has 3 N–H and O–H groups in total. The van der Waals surface area contributed by atoms with Crippen molar-refractivity contribution in [2.75, 3.05) is 10.6 Å². The molecule has 0 saturated heterocycles. The zero-order valence-corrected chi connectivity index (χ0v) is 26.7. The number of nitriles is 1. The Kier molecular flexibility index (Phi) is 10.5. The number of rotatable bonds is 10. The summed E-state index contributed by atoms with van der Waals surface area (Å²) in [4.78, 5) is 40.3. The van der Waals surface area contributed by atoms with E-state index in [1.807, 2.05) is 79.0 Å². The number of amides is 3. The molecule has 0 spiro atoms. The van der Waals surface area contributed by atoms with Gasteiger partial charge in [-0.1, -0.05) is 84.4 Å². The van der Waals surface area contributed by atoms with Crippen molar-refractivity contribution in [1.29, 1.82) is 5.26 Å². The van der Waals surface area contributed by atoms with E-state index in [1.165, 1.54) is 23.1 Å². The Morgan fingerprint density at radius 2 is 1.57 bits per heavy atom. The van der Waals surface area contributed by atoms with Crippen LogP contribution in [0.1, 0.15) is 34.0 Å². The predicted octanol–water partition coefficient (Wildman–Crippen LogP) is 8.12. The van der Waals surface area contributed by atoms with Gasteiger partial charge < -0.3 is 16.0 Å². The minimum atomic E-state index is -0.498. The molecular weight excluding hydrogens is 613 g/mol. The van der Waals surface area contributed by atoms with Crippen molar-refractivity contribution in [3.63, 3.8) is 0 Å². The van der Waals surface area contributed by atoms with E-state index in [-0.39, 0.29) is 11.6 Å². The summed E-state index contributed by atoms with van der Waals surface area (Å²) in [5, 5.41) is 20.2. The molecule has 228 valence electrons. The van der Waals surface area contributed by atoms with Crippen molar-refractivity contribution in [3.05, 3.63) is 143 Å². The first kappa shape index (κ1) is 32.0. The molecule has 7 nitrogen and oxygen atoms in total. The van der Waals surface area contributed by atoms with Gasteiger partial charge >= 0.3 is 0 Å². The maximum absolute atomic E-state index is 13.5. The molecule has 46 heavy (non-hydrogen) atoms. The van der Waals surface area contributed by atoms with Crippen LogP contribution in [0.3, 0.4) is 0 Å². The molecule has 0 aliphatic heterocycles. The number of aryl methyl sites for hydroxylation is 1. The van der Waals surface area contributed by atoms with E-state index in [9.17, 15) is 19.6 Å². The summed E-state index contributed by atoms with van der Waals surface area (Å²) in [5.74, 6) is -1.14. The van der Waals surface area contributed by atoms with Crippen LogP contribution < -0.4 is 16.0 Å². The van der Waals surface area contributed by atoms with Crippen LogP contribution in [0, 0.1) is 18.3 Å². The number of carbonyl (C=O) groups is 3. The van der Waals surface area contributed by atoms with E-state index < -0.39 is 17.1 Å². The monoisotopic (exact) mass is 642 g/mol. The van der Waals surface area contributed by atoms with Crippen molar-refractivity contribution >= 4 is 57.6 Å². The molecular formula is C37H30N4O3S2. The first-order valence-corrected chi connectivity index (χ1v) is 16.2. The van der Waals surface area contributed by atoms with Crippen LogP contribution in [0.5, 0.6) is 0 Å². The van der Waals surface area contributed by atoms with Crippen LogP contribution in [0.2, 0.25) is 0 Å². The van der Waals surface area contributed by atoms with Crippen molar-refractivity contribution in [2.24, 2.45) is 0 Å². The highest BCUT2D eigenvalue weighted by atomic mass is 32.2. The lowest BCUT2D eigenvalue weighted by Gasteiger charge is -2.14. The van der Waals surface area contributed by atoms with Gasteiger partial charge in [0.15, 0.2) is 0 Å². The highest BCUT2D eigenvalue weighted by Crippen LogP contribution is 2.36. The van der Waals surface area contributed by atoms with Gasteiger partial charge in [0.05, 0.1) is 10.8 Å². The van der Waals surface area contributed by atoms with Crippen LogP contribution in [-0.2, 0) is 9.59 Å². The molecule has 1 heterocycles. The highest BCUT2D eigenvalue weighted by molar-refractivity contribution is 8.00. The number of thiophene rings is 1. The average molecular weight is 643 g/mol. The standard InChI is InChI=1S/C37H30N4O3S2/c1-24-16-18-26(19-17-24)20-33(40-35(43)28-12-7-4-8-13-28)36(44)39-29-14-9-15-30(21-29)46-25(2)34(42)41-37-31(22-38)32(23-45-37)27-10-5-3-6-11-27/h3-21,23,25H,1-2H3,(H,39,44)(H,40,43)(H,41,42)/b33-20+. The van der Waals surface area contributed by atoms with Gasteiger partial charge in [-0.3, -0.25) is 14.4 Å². The summed E-state index contributed by atoms with van der Waals surface area (Å²) >= 11 is 2.64. The maximum Gasteiger partial charge on any atom is 0.272 e. The van der Waals surface area contributed by atoms with E-state index in [0.29, 0.717) is 21.8 Å². The number of nitrogens with zero attached hydrogens (tertiary/aromatic N) is 1. The first-order chi connectivity index (χ1) is 22.3. The molecule has 1 aromatic heterocycles. The van der Waals surface area contributed by atoms with Crippen molar-refractivity contribution in [2.45, 2.75) is 24.0 Å². The van der Waals surface area contributed by atoms with E-state index in [1.54, 1.807) is 55.5 Å². The normalized spacial score (nSPS) is 11.6. The van der Waals surface area contributed by atoms with Crippen molar-refractivity contribution in [1.82, 2.24) is 5.32 Å². The third-order valence-electron chi connectivity index (χ3n) is 6.92. The molecule has 0 bridgehead atoms. The lowest BCUT2D eigenvalue weighted by atomic mass is 10.1. The number of hydrogen-bond donors (Lipinski definition) is 3. The molecule has 1 atom stereocenters. The Bertz CT molecular complexity index is 1930. The number of nitrogens with one attached hydrogen (secondary N) is 3. The number of hydrogen-bond acceptors (Lipinski definition) is 6. The van der Waals surface area contributed by atoms with Gasteiger partial charge in [-0.25, -0.2) is 0 Å². The summed E-state index contributed by atoms with van der Waals surface area (Å²) in [6.07, 6.45) is 1.63. The molecule has 0 aliphatic rings. The van der Waals surface area contributed by atoms with Gasteiger partial charge in [-0.2, -0.15) is 5.26 Å². The topological polar surface area (TPSA) is 111 Å². The number of benzene rings is 4. The second-order valence-corrected chi connectivity index (χ2v) is 12.6. The zero-order valence-electron chi connectivity index (χ0n) is 25.1. The summed E-state index contributed by atoms with van der Waals surface area (Å²) in [5.41, 5.74) is 4.97. The largest absolute Gasteiger partial charge is 0.321 e. The van der Waals surface area contributed by atoms with Crippen molar-refractivity contribution < 1.29 is 14.4 Å². The molecule has 3 amide bonds. The van der Waals surface area contributed by atoms with Crippen LogP contribution in [-0.4, -0.2) is 23.0 Å². The van der Waals surface area contributed by atoms with E-state index in [4.69, 9.17) is 0 Å². The fourth-order valence-electron chi connectivity index (χ4n) is 4.48. The molecule has 1 unspecified atom stereocenters. The van der Waals surface area contributed by atoms with E-state index in [0.717, 1.165) is 27.1 Å². The maximum atomic E-state index is 13.5. The molecule has 0 saturated carbocycles. The third-order valence-corrected chi connectivity index (χ3v) is 8.90. The van der Waals surface area contributed by atoms with Gasteiger partial charge in [0.25, 0.3) is 11.8 Å². The van der Waals surface area contributed by atoms with Crippen LogP contribution in [0.4, 0.5) is 10.7 Å². The fourth-order valence-corrected chi connectivity index (χ4v) is 6.33. The predicted molar refractivity (Wildman–Crippen MR) is 187 cm³/mol. The molecule has 0 fully saturated rings. The molecule has 0 aliphatic carbocycles. The number of anilines is 2. The molecule has 9 heteroatoms. The molecule has 5 rings (SSSR count). The SMILES string of the molecule is Cc1ccc(/C=C(/NC(=O)c2ccccc2)C(=O)Nc2cccc(SC(C)C(=O)Nc3scc(-c4ccccc4)c3C#N)c2)cc1. The van der Waals surface area contributed by atoms with Crippen LogP contribution in [0.15, 0.2) is 125 Å². The van der Waals surface area contributed by atoms with Gasteiger partial charge in [-0.05, 0) is 61.4 Å². The minimum Gasteiger partial charge on any atom is -0.321 e. The fraction of sp³-hybridized carbons (Fsp3) is 0.0811. The van der Waals surface area contributed by atoms with Crippen LogP contribution >= 0.6 is 23.1 Å². The van der Waals surface area contributed by atoms with Gasteiger partial charge in [0, 0.05) is 27.1 Å². The zero-order chi connectivity index (χ0) is 32.5. The summed E-state index contributed by atoms with van der Waals surface area (Å²) < 4.78 is 0.